The lowest BCUT2D eigenvalue weighted by atomic mass is 10.2. The minimum Gasteiger partial charge on any atom is -0.495 e. The maximum absolute atomic E-state index is 13.4. The van der Waals surface area contributed by atoms with E-state index in [1.54, 1.807) is 6.92 Å². The highest BCUT2D eigenvalue weighted by atomic mass is 35.5. The Bertz CT molecular complexity index is 1390. The van der Waals surface area contributed by atoms with Crippen molar-refractivity contribution in [3.05, 3.63) is 59.2 Å². The van der Waals surface area contributed by atoms with Crippen LogP contribution < -0.4 is 19.1 Å². The molecule has 1 N–H and O–H groups in total. The highest BCUT2D eigenvalue weighted by Crippen LogP contribution is 2.40. The number of esters is 1. The number of hydrogen-bond donors (Lipinski definition) is 1. The molecule has 0 bridgehead atoms. The number of anilines is 2. The minimum absolute atomic E-state index is 0.0975. The molecule has 0 aliphatic carbocycles. The van der Waals surface area contributed by atoms with E-state index in [4.69, 9.17) is 25.8 Å². The molecule has 3 aromatic rings. The summed E-state index contributed by atoms with van der Waals surface area (Å²) >= 11 is 6.02. The first-order chi connectivity index (χ1) is 16.7. The van der Waals surface area contributed by atoms with E-state index in [1.165, 1.54) is 60.5 Å². The van der Waals surface area contributed by atoms with E-state index in [-0.39, 0.29) is 52.6 Å². The molecule has 35 heavy (non-hydrogen) atoms. The summed E-state index contributed by atoms with van der Waals surface area (Å²) in [5.74, 6) is -0.354. The molecule has 0 atom stereocenters. The van der Waals surface area contributed by atoms with Gasteiger partial charge in [0.05, 0.1) is 19.4 Å². The lowest BCUT2D eigenvalue weighted by Gasteiger charge is -2.19. The number of halogens is 1. The number of sulfonamides is 1. The lowest BCUT2D eigenvalue weighted by Crippen LogP contribution is -2.30. The van der Waals surface area contributed by atoms with Crippen LogP contribution in [0.25, 0.3) is 0 Å². The molecule has 0 saturated carbocycles. The van der Waals surface area contributed by atoms with Crippen molar-refractivity contribution >= 4 is 45.0 Å². The topological polar surface area (TPSA) is 129 Å². The lowest BCUT2D eigenvalue weighted by molar-refractivity contribution is -0.144. The van der Waals surface area contributed by atoms with Gasteiger partial charge in [-0.25, -0.2) is 12.7 Å². The molecular weight excluding hydrogens is 500 g/mol. The van der Waals surface area contributed by atoms with Crippen molar-refractivity contribution in [1.29, 1.82) is 0 Å². The molecule has 1 aliphatic heterocycles. The average Bonchev–Trinajstić information content (AvgIpc) is 3.45. The first-order valence-corrected chi connectivity index (χ1v) is 12.2. The fraction of sp³-hybridized carbons (Fsp3) is 0.227. The number of nitrogens with zero attached hydrogens (tertiary/aromatic N) is 3. The SMILES string of the molecule is CCOC(=O)Cn1ccc(NC(=O)c2ccc3c(c2)N(S(=O)(=O)c2cc(Cl)ccc2OC)CO3)n1. The van der Waals surface area contributed by atoms with Crippen LogP contribution in [-0.2, 0) is 26.1 Å². The second kappa shape index (κ2) is 9.84. The van der Waals surface area contributed by atoms with Gasteiger partial charge < -0.3 is 19.5 Å². The zero-order chi connectivity index (χ0) is 25.2. The van der Waals surface area contributed by atoms with Crippen LogP contribution in [-0.4, -0.2) is 50.5 Å². The molecule has 2 heterocycles. The van der Waals surface area contributed by atoms with Crippen molar-refractivity contribution in [2.45, 2.75) is 18.4 Å². The zero-order valence-electron chi connectivity index (χ0n) is 18.7. The van der Waals surface area contributed by atoms with Gasteiger partial charge in [0.15, 0.2) is 12.5 Å². The van der Waals surface area contributed by atoms with Crippen LogP contribution in [0, 0.1) is 0 Å². The third kappa shape index (κ3) is 5.03. The van der Waals surface area contributed by atoms with Crippen LogP contribution >= 0.6 is 11.6 Å². The summed E-state index contributed by atoms with van der Waals surface area (Å²) in [5.41, 5.74) is 0.361. The fourth-order valence-electron chi connectivity index (χ4n) is 3.39. The standard InChI is InChI=1S/C22H21ClN4O7S/c1-3-33-21(28)12-26-9-8-20(25-26)24-22(29)14-4-6-17-16(10-14)27(13-34-17)35(30,31)19-11-15(23)5-7-18(19)32-2/h4-11H,3,12-13H2,1-2H3,(H,24,25,29). The minimum atomic E-state index is -4.12. The summed E-state index contributed by atoms with van der Waals surface area (Å²) < 4.78 is 44.7. The molecule has 1 aromatic heterocycles. The van der Waals surface area contributed by atoms with Crippen LogP contribution in [0.3, 0.4) is 0 Å². The molecule has 0 saturated heterocycles. The van der Waals surface area contributed by atoms with Crippen LogP contribution in [0.15, 0.2) is 53.6 Å². The molecule has 0 fully saturated rings. The summed E-state index contributed by atoms with van der Waals surface area (Å²) in [5, 5.41) is 6.96. The number of aromatic nitrogens is 2. The summed E-state index contributed by atoms with van der Waals surface area (Å²) in [7, 11) is -2.77. The predicted octanol–water partition coefficient (Wildman–Crippen LogP) is 2.91. The third-order valence-corrected chi connectivity index (χ3v) is 6.99. The highest BCUT2D eigenvalue weighted by Gasteiger charge is 2.35. The third-order valence-electron chi connectivity index (χ3n) is 5.00. The van der Waals surface area contributed by atoms with E-state index < -0.39 is 21.9 Å². The molecular formula is C22H21ClN4O7S. The summed E-state index contributed by atoms with van der Waals surface area (Å²) in [6.07, 6.45) is 1.52. The maximum Gasteiger partial charge on any atom is 0.327 e. The molecule has 0 unspecified atom stereocenters. The number of carbonyl (C=O) groups excluding carboxylic acids is 2. The van der Waals surface area contributed by atoms with Crippen molar-refractivity contribution in [2.24, 2.45) is 0 Å². The van der Waals surface area contributed by atoms with E-state index in [0.717, 1.165) is 4.31 Å². The van der Waals surface area contributed by atoms with E-state index >= 15 is 0 Å². The van der Waals surface area contributed by atoms with Crippen LogP contribution in [0.5, 0.6) is 11.5 Å². The Labute approximate surface area is 206 Å². The molecule has 1 aliphatic rings. The Hall–Kier alpha value is -3.77. The largest absolute Gasteiger partial charge is 0.495 e. The highest BCUT2D eigenvalue weighted by molar-refractivity contribution is 7.93. The molecule has 4 rings (SSSR count). The summed E-state index contributed by atoms with van der Waals surface area (Å²) in [6, 6.07) is 10.2. The second-order valence-corrected chi connectivity index (χ2v) is 9.53. The number of carbonyl (C=O) groups is 2. The number of rotatable bonds is 8. The van der Waals surface area contributed by atoms with Gasteiger partial charge in [0.25, 0.3) is 15.9 Å². The first kappa shape index (κ1) is 24.4. The average molecular weight is 521 g/mol. The first-order valence-electron chi connectivity index (χ1n) is 10.4. The number of ether oxygens (including phenoxy) is 3. The van der Waals surface area contributed by atoms with Crippen molar-refractivity contribution in [3.8, 4) is 11.5 Å². The van der Waals surface area contributed by atoms with Crippen LogP contribution in [0.2, 0.25) is 5.02 Å². The van der Waals surface area contributed by atoms with E-state index in [0.29, 0.717) is 5.75 Å². The van der Waals surface area contributed by atoms with Crippen LogP contribution in [0.1, 0.15) is 17.3 Å². The fourth-order valence-corrected chi connectivity index (χ4v) is 5.14. The molecule has 13 heteroatoms. The van der Waals surface area contributed by atoms with E-state index in [2.05, 4.69) is 10.4 Å². The number of nitrogens with one attached hydrogen (secondary N) is 1. The van der Waals surface area contributed by atoms with Gasteiger partial charge in [-0.3, -0.25) is 14.3 Å². The van der Waals surface area contributed by atoms with Gasteiger partial charge in [0.2, 0.25) is 0 Å². The van der Waals surface area contributed by atoms with Gasteiger partial charge in [0.1, 0.15) is 22.9 Å². The molecule has 184 valence electrons. The summed E-state index contributed by atoms with van der Waals surface area (Å²) in [4.78, 5) is 24.3. The Morgan fingerprint density at radius 2 is 2.00 bits per heavy atom. The molecule has 1 amide bonds. The molecule has 0 spiro atoms. The van der Waals surface area contributed by atoms with Gasteiger partial charge in [-0.2, -0.15) is 5.10 Å². The van der Waals surface area contributed by atoms with Gasteiger partial charge in [-0.05, 0) is 43.3 Å². The maximum atomic E-state index is 13.4. The molecule has 0 radical (unpaired) electrons. The van der Waals surface area contributed by atoms with Crippen molar-refractivity contribution < 1.29 is 32.2 Å². The number of amides is 1. The molecule has 2 aromatic carbocycles. The van der Waals surface area contributed by atoms with E-state index in [1.807, 2.05) is 0 Å². The van der Waals surface area contributed by atoms with Crippen molar-refractivity contribution in [1.82, 2.24) is 9.78 Å². The predicted molar refractivity (Wildman–Crippen MR) is 126 cm³/mol. The second-order valence-electron chi connectivity index (χ2n) is 7.26. The quantitative estimate of drug-likeness (QED) is 0.449. The van der Waals surface area contributed by atoms with Crippen LogP contribution in [0.4, 0.5) is 11.5 Å². The Balaban J connectivity index is 1.56. The van der Waals surface area contributed by atoms with Gasteiger partial charge in [0, 0.05) is 22.8 Å². The normalized spacial score (nSPS) is 12.6. The van der Waals surface area contributed by atoms with E-state index in [9.17, 15) is 18.0 Å². The van der Waals surface area contributed by atoms with Crippen molar-refractivity contribution in [2.75, 3.05) is 30.1 Å². The Morgan fingerprint density at radius 1 is 1.20 bits per heavy atom. The Morgan fingerprint density at radius 3 is 2.74 bits per heavy atom. The summed E-state index contributed by atoms with van der Waals surface area (Å²) in [6.45, 7) is 1.57. The zero-order valence-corrected chi connectivity index (χ0v) is 20.3. The van der Waals surface area contributed by atoms with Gasteiger partial charge in [-0.15, -0.1) is 0 Å². The van der Waals surface area contributed by atoms with Gasteiger partial charge in [-0.1, -0.05) is 11.6 Å². The molecule has 11 nitrogen and oxygen atoms in total. The Kier molecular flexibility index (Phi) is 6.85. The van der Waals surface area contributed by atoms with Gasteiger partial charge >= 0.3 is 5.97 Å². The van der Waals surface area contributed by atoms with Crippen molar-refractivity contribution in [3.63, 3.8) is 0 Å². The smallest absolute Gasteiger partial charge is 0.327 e. The number of hydrogen-bond acceptors (Lipinski definition) is 8. The number of methoxy groups -OCH3 is 1. The number of benzene rings is 2. The number of fused-ring (bicyclic) bond motifs is 1. The monoisotopic (exact) mass is 520 g/mol.